The minimum absolute atomic E-state index is 0.270. The maximum Gasteiger partial charge on any atom is 0.0485 e. The molecule has 0 unspecified atom stereocenters. The Labute approximate surface area is 109 Å². The highest BCUT2D eigenvalue weighted by atomic mass is 35.5. The topological polar surface area (TPSA) is 29.3 Å². The molecular formula is C14H21ClN2. The molecule has 2 atom stereocenters. The lowest BCUT2D eigenvalue weighted by molar-refractivity contribution is 0.133. The van der Waals surface area contributed by atoms with Gasteiger partial charge in [-0.15, -0.1) is 0 Å². The van der Waals surface area contributed by atoms with Gasteiger partial charge in [0.25, 0.3) is 0 Å². The van der Waals surface area contributed by atoms with Gasteiger partial charge in [-0.2, -0.15) is 0 Å². The van der Waals surface area contributed by atoms with Gasteiger partial charge in [-0.3, -0.25) is 4.90 Å². The molecule has 0 spiro atoms. The van der Waals surface area contributed by atoms with Crippen molar-refractivity contribution in [2.75, 3.05) is 19.6 Å². The van der Waals surface area contributed by atoms with Gasteiger partial charge in [-0.25, -0.2) is 0 Å². The van der Waals surface area contributed by atoms with Gasteiger partial charge in [0.05, 0.1) is 0 Å². The summed E-state index contributed by atoms with van der Waals surface area (Å²) >= 11 is 6.27. The van der Waals surface area contributed by atoms with E-state index in [1.54, 1.807) is 0 Å². The molecule has 2 nitrogen and oxygen atoms in total. The van der Waals surface area contributed by atoms with Crippen molar-refractivity contribution in [2.24, 2.45) is 11.7 Å². The van der Waals surface area contributed by atoms with E-state index in [0.717, 1.165) is 24.0 Å². The lowest BCUT2D eigenvalue weighted by atomic mass is 9.96. The van der Waals surface area contributed by atoms with E-state index in [-0.39, 0.29) is 6.04 Å². The first-order chi connectivity index (χ1) is 8.22. The molecule has 0 saturated carbocycles. The molecular weight excluding hydrogens is 232 g/mol. The molecule has 0 aromatic heterocycles. The number of halogens is 1. The number of rotatable bonds is 3. The van der Waals surface area contributed by atoms with Gasteiger partial charge in [0, 0.05) is 24.2 Å². The van der Waals surface area contributed by atoms with Gasteiger partial charge in [0.2, 0.25) is 0 Å². The fourth-order valence-electron chi connectivity index (χ4n) is 2.73. The molecule has 0 amide bonds. The minimum atomic E-state index is 0.270. The Morgan fingerprint density at radius 1 is 1.47 bits per heavy atom. The third-order valence-electron chi connectivity index (χ3n) is 3.62. The number of nitrogens with zero attached hydrogens (tertiary/aromatic N) is 1. The molecule has 1 aliphatic rings. The van der Waals surface area contributed by atoms with Crippen LogP contribution in [-0.2, 0) is 0 Å². The van der Waals surface area contributed by atoms with E-state index in [0.29, 0.717) is 6.54 Å². The Morgan fingerprint density at radius 2 is 2.24 bits per heavy atom. The van der Waals surface area contributed by atoms with Crippen LogP contribution in [0.25, 0.3) is 0 Å². The van der Waals surface area contributed by atoms with Crippen molar-refractivity contribution in [1.82, 2.24) is 4.90 Å². The van der Waals surface area contributed by atoms with Crippen LogP contribution in [0.5, 0.6) is 0 Å². The molecule has 1 fully saturated rings. The zero-order valence-electron chi connectivity index (χ0n) is 10.4. The van der Waals surface area contributed by atoms with Crippen molar-refractivity contribution in [2.45, 2.75) is 25.8 Å². The second-order valence-corrected chi connectivity index (χ2v) is 5.42. The second kappa shape index (κ2) is 5.85. The van der Waals surface area contributed by atoms with Crippen LogP contribution >= 0.6 is 11.6 Å². The van der Waals surface area contributed by atoms with Crippen LogP contribution in [0.1, 0.15) is 31.4 Å². The Morgan fingerprint density at radius 3 is 2.88 bits per heavy atom. The van der Waals surface area contributed by atoms with Crippen molar-refractivity contribution in [3.63, 3.8) is 0 Å². The first kappa shape index (κ1) is 12.9. The van der Waals surface area contributed by atoms with E-state index in [1.807, 2.05) is 18.2 Å². The number of likely N-dealkylation sites (tertiary alicyclic amines) is 1. The van der Waals surface area contributed by atoms with E-state index in [4.69, 9.17) is 17.3 Å². The van der Waals surface area contributed by atoms with E-state index in [1.165, 1.54) is 18.4 Å². The number of hydrogen-bond acceptors (Lipinski definition) is 2. The zero-order chi connectivity index (χ0) is 12.3. The number of nitrogens with two attached hydrogens (primary N) is 1. The minimum Gasteiger partial charge on any atom is -0.329 e. The van der Waals surface area contributed by atoms with Crippen molar-refractivity contribution in [3.05, 3.63) is 34.9 Å². The normalized spacial score (nSPS) is 23.6. The quantitative estimate of drug-likeness (QED) is 0.896. The van der Waals surface area contributed by atoms with Crippen molar-refractivity contribution in [1.29, 1.82) is 0 Å². The standard InChI is InChI=1S/C14H21ClN2/c1-11-5-4-8-17(10-11)14(9-16)12-6-2-3-7-13(12)15/h2-3,6-7,11,14H,4-5,8-10,16H2,1H3/t11-,14-/m0/s1. The smallest absolute Gasteiger partial charge is 0.0485 e. The van der Waals surface area contributed by atoms with Gasteiger partial charge in [0.15, 0.2) is 0 Å². The summed E-state index contributed by atoms with van der Waals surface area (Å²) in [6.45, 7) is 5.22. The maximum absolute atomic E-state index is 6.27. The molecule has 0 aliphatic carbocycles. The van der Waals surface area contributed by atoms with Crippen molar-refractivity contribution >= 4 is 11.6 Å². The first-order valence-corrected chi connectivity index (χ1v) is 6.78. The highest BCUT2D eigenvalue weighted by Gasteiger charge is 2.25. The molecule has 1 aliphatic heterocycles. The van der Waals surface area contributed by atoms with Crippen LogP contribution in [0.4, 0.5) is 0 Å². The van der Waals surface area contributed by atoms with E-state index in [2.05, 4.69) is 17.9 Å². The summed E-state index contributed by atoms with van der Waals surface area (Å²) in [5.74, 6) is 0.764. The summed E-state index contributed by atoms with van der Waals surface area (Å²) in [6, 6.07) is 8.33. The third kappa shape index (κ3) is 3.01. The molecule has 1 aromatic carbocycles. The van der Waals surface area contributed by atoms with Crippen LogP contribution in [0, 0.1) is 5.92 Å². The van der Waals surface area contributed by atoms with Crippen molar-refractivity contribution in [3.8, 4) is 0 Å². The summed E-state index contributed by atoms with van der Waals surface area (Å²) in [5, 5.41) is 0.834. The highest BCUT2D eigenvalue weighted by molar-refractivity contribution is 6.31. The second-order valence-electron chi connectivity index (χ2n) is 5.02. The monoisotopic (exact) mass is 252 g/mol. The SMILES string of the molecule is C[C@H]1CCCN([C@@H](CN)c2ccccc2Cl)C1. The number of piperidine rings is 1. The molecule has 1 heterocycles. The van der Waals surface area contributed by atoms with Gasteiger partial charge in [0.1, 0.15) is 0 Å². The third-order valence-corrected chi connectivity index (χ3v) is 3.96. The lowest BCUT2D eigenvalue weighted by Crippen LogP contribution is -2.40. The van der Waals surface area contributed by atoms with Gasteiger partial charge in [-0.1, -0.05) is 36.7 Å². The molecule has 2 N–H and O–H groups in total. The average Bonchev–Trinajstić information content (AvgIpc) is 2.33. The van der Waals surface area contributed by atoms with Gasteiger partial charge < -0.3 is 5.73 Å². The largest absolute Gasteiger partial charge is 0.329 e. The molecule has 0 bridgehead atoms. The number of benzene rings is 1. The van der Waals surface area contributed by atoms with Crippen molar-refractivity contribution < 1.29 is 0 Å². The van der Waals surface area contributed by atoms with Crippen LogP contribution in [0.2, 0.25) is 5.02 Å². The van der Waals surface area contributed by atoms with E-state index >= 15 is 0 Å². The summed E-state index contributed by atoms with van der Waals surface area (Å²) in [7, 11) is 0. The lowest BCUT2D eigenvalue weighted by Gasteiger charge is -2.37. The Bertz CT molecular complexity index is 367. The molecule has 0 radical (unpaired) electrons. The zero-order valence-corrected chi connectivity index (χ0v) is 11.2. The van der Waals surface area contributed by atoms with Crippen LogP contribution in [-0.4, -0.2) is 24.5 Å². The Hall–Kier alpha value is -0.570. The molecule has 94 valence electrons. The highest BCUT2D eigenvalue weighted by Crippen LogP contribution is 2.30. The average molecular weight is 253 g/mol. The predicted molar refractivity (Wildman–Crippen MR) is 73.2 cm³/mol. The Kier molecular flexibility index (Phi) is 4.43. The summed E-state index contributed by atoms with van der Waals surface area (Å²) in [5.41, 5.74) is 7.12. The van der Waals surface area contributed by atoms with Crippen LogP contribution in [0.15, 0.2) is 24.3 Å². The molecule has 1 saturated heterocycles. The van der Waals surface area contributed by atoms with E-state index < -0.39 is 0 Å². The fourth-order valence-corrected chi connectivity index (χ4v) is 2.99. The summed E-state index contributed by atoms with van der Waals surface area (Å²) in [4.78, 5) is 2.48. The van der Waals surface area contributed by atoms with E-state index in [9.17, 15) is 0 Å². The van der Waals surface area contributed by atoms with Crippen LogP contribution < -0.4 is 5.73 Å². The fraction of sp³-hybridized carbons (Fsp3) is 0.571. The summed E-state index contributed by atoms with van der Waals surface area (Å²) < 4.78 is 0. The maximum atomic E-state index is 6.27. The molecule has 3 heteroatoms. The summed E-state index contributed by atoms with van der Waals surface area (Å²) in [6.07, 6.45) is 2.60. The first-order valence-electron chi connectivity index (χ1n) is 6.41. The number of hydrogen-bond donors (Lipinski definition) is 1. The molecule has 17 heavy (non-hydrogen) atoms. The molecule has 1 aromatic rings. The van der Waals surface area contributed by atoms with Gasteiger partial charge >= 0.3 is 0 Å². The van der Waals surface area contributed by atoms with Gasteiger partial charge in [-0.05, 0) is 36.9 Å². The van der Waals surface area contributed by atoms with Crippen LogP contribution in [0.3, 0.4) is 0 Å². The molecule has 2 rings (SSSR count). The Balaban J connectivity index is 2.18. The predicted octanol–water partition coefficient (Wildman–Crippen LogP) is 3.07.